The molecular weight excluding hydrogens is 430 g/mol. The molecule has 8 nitrogen and oxygen atoms in total. The first-order valence-electron chi connectivity index (χ1n) is 12.2. The zero-order valence-corrected chi connectivity index (χ0v) is 19.9. The van der Waals surface area contributed by atoms with Crippen LogP contribution in [-0.4, -0.2) is 63.6 Å². The van der Waals surface area contributed by atoms with Crippen LogP contribution >= 0.6 is 0 Å². The number of morpholine rings is 1. The van der Waals surface area contributed by atoms with Crippen molar-refractivity contribution < 1.29 is 14.9 Å². The number of ether oxygens (including phenoxy) is 1. The summed E-state index contributed by atoms with van der Waals surface area (Å²) in [6.07, 6.45) is 3.51. The highest BCUT2D eigenvalue weighted by molar-refractivity contribution is 5.90. The summed E-state index contributed by atoms with van der Waals surface area (Å²) in [5.74, 6) is 1.66. The van der Waals surface area contributed by atoms with Gasteiger partial charge in [-0.15, -0.1) is 0 Å². The highest BCUT2D eigenvalue weighted by Crippen LogP contribution is 2.32. The van der Waals surface area contributed by atoms with Crippen LogP contribution in [0.25, 0.3) is 22.3 Å². The summed E-state index contributed by atoms with van der Waals surface area (Å²) in [7, 11) is 0. The Balaban J connectivity index is 1.64. The van der Waals surface area contributed by atoms with Gasteiger partial charge in [-0.2, -0.15) is 9.97 Å². The van der Waals surface area contributed by atoms with Crippen molar-refractivity contribution in [1.82, 2.24) is 15.0 Å². The fourth-order valence-electron chi connectivity index (χ4n) is 5.01. The first-order valence-corrected chi connectivity index (χ1v) is 12.2. The molecule has 0 amide bonds. The van der Waals surface area contributed by atoms with Crippen molar-refractivity contribution in [3.8, 4) is 11.3 Å². The molecule has 0 aliphatic carbocycles. The van der Waals surface area contributed by atoms with Crippen molar-refractivity contribution >= 4 is 22.8 Å². The molecule has 0 saturated carbocycles. The molecule has 1 aromatic carbocycles. The Morgan fingerprint density at radius 1 is 0.912 bits per heavy atom. The first kappa shape index (κ1) is 23.0. The Morgan fingerprint density at radius 3 is 2.53 bits per heavy atom. The second-order valence-electron chi connectivity index (χ2n) is 9.37. The van der Waals surface area contributed by atoms with E-state index in [0.29, 0.717) is 30.5 Å². The van der Waals surface area contributed by atoms with Gasteiger partial charge in [0.25, 0.3) is 0 Å². The van der Waals surface area contributed by atoms with Gasteiger partial charge in [-0.25, -0.2) is 4.98 Å². The highest BCUT2D eigenvalue weighted by Gasteiger charge is 2.27. The quantitative estimate of drug-likeness (QED) is 0.595. The third-order valence-corrected chi connectivity index (χ3v) is 7.07. The molecule has 2 aliphatic heterocycles. The number of piperidine rings is 1. The summed E-state index contributed by atoms with van der Waals surface area (Å²) < 4.78 is 5.68. The minimum Gasteiger partial charge on any atom is -0.392 e. The molecule has 2 aromatic heterocycles. The minimum atomic E-state index is -0.129. The Hall–Kier alpha value is -2.81. The van der Waals surface area contributed by atoms with E-state index < -0.39 is 0 Å². The Kier molecular flexibility index (Phi) is 6.63. The van der Waals surface area contributed by atoms with E-state index in [1.54, 1.807) is 0 Å². The summed E-state index contributed by atoms with van der Waals surface area (Å²) in [4.78, 5) is 19.6. The Labute approximate surface area is 200 Å². The van der Waals surface area contributed by atoms with Gasteiger partial charge < -0.3 is 24.7 Å². The second kappa shape index (κ2) is 9.82. The Morgan fingerprint density at radius 2 is 1.76 bits per heavy atom. The average molecular weight is 464 g/mol. The third-order valence-electron chi connectivity index (χ3n) is 7.07. The van der Waals surface area contributed by atoms with Gasteiger partial charge in [-0.05, 0) is 62.4 Å². The first-order chi connectivity index (χ1) is 16.6. The molecule has 34 heavy (non-hydrogen) atoms. The van der Waals surface area contributed by atoms with Crippen LogP contribution in [0.5, 0.6) is 0 Å². The molecule has 3 aromatic rings. The van der Waals surface area contributed by atoms with Gasteiger partial charge in [0.1, 0.15) is 5.82 Å². The number of aliphatic hydroxyl groups is 2. The number of aromatic nitrogens is 3. The highest BCUT2D eigenvalue weighted by atomic mass is 16.5. The van der Waals surface area contributed by atoms with Gasteiger partial charge in [0.05, 0.1) is 43.5 Å². The minimum absolute atomic E-state index is 0.104. The van der Waals surface area contributed by atoms with Gasteiger partial charge in [-0.1, -0.05) is 12.1 Å². The van der Waals surface area contributed by atoms with Gasteiger partial charge in [0.15, 0.2) is 5.65 Å². The van der Waals surface area contributed by atoms with E-state index in [-0.39, 0.29) is 19.3 Å². The molecule has 2 fully saturated rings. The number of benzene rings is 1. The maximum atomic E-state index is 9.73. The largest absolute Gasteiger partial charge is 0.392 e. The predicted molar refractivity (Wildman–Crippen MR) is 133 cm³/mol. The van der Waals surface area contributed by atoms with E-state index in [4.69, 9.17) is 19.7 Å². The number of pyridine rings is 1. The van der Waals surface area contributed by atoms with Crippen molar-refractivity contribution in [2.75, 3.05) is 36.1 Å². The van der Waals surface area contributed by atoms with E-state index in [1.165, 1.54) is 6.42 Å². The molecule has 0 radical (unpaired) electrons. The molecule has 5 rings (SSSR count). The lowest BCUT2D eigenvalue weighted by Crippen LogP contribution is -2.45. The zero-order valence-electron chi connectivity index (χ0n) is 19.9. The van der Waals surface area contributed by atoms with Crippen LogP contribution in [0.2, 0.25) is 0 Å². The van der Waals surface area contributed by atoms with Gasteiger partial charge in [0, 0.05) is 24.7 Å². The van der Waals surface area contributed by atoms with Crippen LogP contribution in [0.3, 0.4) is 0 Å². The molecule has 2 aliphatic rings. The van der Waals surface area contributed by atoms with Crippen molar-refractivity contribution in [3.05, 3.63) is 41.5 Å². The molecule has 2 N–H and O–H groups in total. The number of nitrogens with zero attached hydrogens (tertiary/aromatic N) is 5. The van der Waals surface area contributed by atoms with Crippen LogP contribution < -0.4 is 9.80 Å². The molecular formula is C26H33N5O3. The fourth-order valence-corrected chi connectivity index (χ4v) is 5.01. The molecule has 8 heteroatoms. The summed E-state index contributed by atoms with van der Waals surface area (Å²) in [5, 5.41) is 20.2. The van der Waals surface area contributed by atoms with Crippen molar-refractivity contribution in [2.24, 2.45) is 0 Å². The number of aliphatic hydroxyl groups excluding tert-OH is 2. The average Bonchev–Trinajstić information content (AvgIpc) is 2.88. The van der Waals surface area contributed by atoms with Crippen LogP contribution in [-0.2, 0) is 18.0 Å². The Bertz CT molecular complexity index is 1170. The van der Waals surface area contributed by atoms with E-state index in [0.717, 1.165) is 59.9 Å². The standard InChI is InChI=1S/C26H33N5O3/c1-17-5-3-4-10-31(17)26-28-24-22(25(29-26)30-11-12-34-16-18(30)2)8-9-23(27-24)19-6-7-20(14-32)21(13-19)15-33/h6-9,13,17-18,32-33H,3-5,10-12,14-16H2,1-2H3/t17-,18-/m0/s1. The summed E-state index contributed by atoms with van der Waals surface area (Å²) in [6, 6.07) is 10.3. The molecule has 0 unspecified atom stereocenters. The van der Waals surface area contributed by atoms with Crippen LogP contribution in [0, 0.1) is 0 Å². The normalized spacial score (nSPS) is 21.3. The van der Waals surface area contributed by atoms with Gasteiger partial charge in [-0.3, -0.25) is 0 Å². The molecule has 0 spiro atoms. The summed E-state index contributed by atoms with van der Waals surface area (Å²) in [6.45, 7) is 7.26. The smallest absolute Gasteiger partial charge is 0.229 e. The zero-order chi connectivity index (χ0) is 23.7. The number of anilines is 2. The SMILES string of the molecule is C[C@H]1CCCCN1c1nc(N2CCOC[C@@H]2C)c2ccc(-c3ccc(CO)c(CO)c3)nc2n1. The number of rotatable bonds is 5. The van der Waals surface area contributed by atoms with E-state index >= 15 is 0 Å². The monoisotopic (exact) mass is 463 g/mol. The molecule has 0 bridgehead atoms. The van der Waals surface area contributed by atoms with Gasteiger partial charge in [0.2, 0.25) is 5.95 Å². The van der Waals surface area contributed by atoms with Crippen LogP contribution in [0.4, 0.5) is 11.8 Å². The van der Waals surface area contributed by atoms with Crippen LogP contribution in [0.1, 0.15) is 44.2 Å². The van der Waals surface area contributed by atoms with Crippen molar-refractivity contribution in [1.29, 1.82) is 0 Å². The lowest BCUT2D eigenvalue weighted by molar-refractivity contribution is 0.0987. The third kappa shape index (κ3) is 4.33. The predicted octanol–water partition coefficient (Wildman–Crippen LogP) is 3.28. The lowest BCUT2D eigenvalue weighted by atomic mass is 10.0. The van der Waals surface area contributed by atoms with Gasteiger partial charge >= 0.3 is 0 Å². The maximum absolute atomic E-state index is 9.73. The van der Waals surface area contributed by atoms with Crippen LogP contribution in [0.15, 0.2) is 30.3 Å². The van der Waals surface area contributed by atoms with E-state index in [2.05, 4.69) is 29.7 Å². The van der Waals surface area contributed by atoms with Crippen molar-refractivity contribution in [2.45, 2.75) is 58.4 Å². The molecule has 2 atom stereocenters. The molecule has 4 heterocycles. The fraction of sp³-hybridized carbons (Fsp3) is 0.500. The lowest BCUT2D eigenvalue weighted by Gasteiger charge is -2.37. The number of fused-ring (bicyclic) bond motifs is 1. The van der Waals surface area contributed by atoms with Crippen molar-refractivity contribution in [3.63, 3.8) is 0 Å². The molecule has 180 valence electrons. The maximum Gasteiger partial charge on any atom is 0.229 e. The number of hydrogen-bond acceptors (Lipinski definition) is 8. The topological polar surface area (TPSA) is 94.8 Å². The summed E-state index contributed by atoms with van der Waals surface area (Å²) >= 11 is 0. The van der Waals surface area contributed by atoms with E-state index in [1.807, 2.05) is 24.3 Å². The molecule has 2 saturated heterocycles. The number of hydrogen-bond donors (Lipinski definition) is 2. The summed E-state index contributed by atoms with van der Waals surface area (Å²) in [5.41, 5.74) is 3.76. The second-order valence-corrected chi connectivity index (χ2v) is 9.37. The van der Waals surface area contributed by atoms with E-state index in [9.17, 15) is 10.2 Å².